The first-order valence-electron chi connectivity index (χ1n) is 11.2. The van der Waals surface area contributed by atoms with Gasteiger partial charge in [-0.1, -0.05) is 48.5 Å². The third-order valence-electron chi connectivity index (χ3n) is 5.48. The number of aromatic amines is 1. The molecular formula is C25H29N5O5. The predicted octanol–water partition coefficient (Wildman–Crippen LogP) is 0.471. The number of carboxylic acids is 1. The first kappa shape index (κ1) is 25.4. The normalized spacial score (nSPS) is 13.4. The van der Waals surface area contributed by atoms with Crippen LogP contribution in [-0.4, -0.2) is 58.5 Å². The molecule has 3 atom stereocenters. The molecule has 3 rings (SSSR count). The molecule has 3 unspecified atom stereocenters. The van der Waals surface area contributed by atoms with Gasteiger partial charge in [0.05, 0.1) is 12.6 Å². The Morgan fingerprint density at radius 3 is 2.29 bits per heavy atom. The highest BCUT2D eigenvalue weighted by Gasteiger charge is 2.28. The quantitative estimate of drug-likeness (QED) is 0.234. The maximum atomic E-state index is 13.1. The highest BCUT2D eigenvalue weighted by atomic mass is 16.4. The van der Waals surface area contributed by atoms with Crippen molar-refractivity contribution in [3.63, 3.8) is 0 Å². The Morgan fingerprint density at radius 2 is 1.60 bits per heavy atom. The fourth-order valence-corrected chi connectivity index (χ4v) is 3.63. The number of aliphatic carboxylic acids is 1. The molecule has 0 aliphatic carbocycles. The van der Waals surface area contributed by atoms with E-state index in [0.29, 0.717) is 0 Å². The summed E-state index contributed by atoms with van der Waals surface area (Å²) in [6.45, 7) is 1.12. The van der Waals surface area contributed by atoms with Crippen molar-refractivity contribution in [2.45, 2.75) is 37.9 Å². The minimum Gasteiger partial charge on any atom is -0.480 e. The Balaban J connectivity index is 1.73. The lowest BCUT2D eigenvalue weighted by Crippen LogP contribution is -2.54. The van der Waals surface area contributed by atoms with Gasteiger partial charge in [-0.3, -0.25) is 14.4 Å². The number of nitrogens with one attached hydrogen (secondary N) is 4. The van der Waals surface area contributed by atoms with Crippen LogP contribution in [-0.2, 0) is 32.0 Å². The molecule has 1 heterocycles. The molecule has 10 nitrogen and oxygen atoms in total. The van der Waals surface area contributed by atoms with E-state index in [1.165, 1.54) is 6.92 Å². The van der Waals surface area contributed by atoms with Gasteiger partial charge in [-0.25, -0.2) is 4.79 Å². The number of hydrogen-bond acceptors (Lipinski definition) is 5. The molecule has 7 N–H and O–H groups in total. The molecule has 3 amide bonds. The summed E-state index contributed by atoms with van der Waals surface area (Å²) in [5.74, 6) is -2.95. The summed E-state index contributed by atoms with van der Waals surface area (Å²) in [5.41, 5.74) is 7.86. The molecule has 3 aromatic rings. The first-order valence-corrected chi connectivity index (χ1v) is 11.2. The molecule has 0 bridgehead atoms. The monoisotopic (exact) mass is 479 g/mol. The zero-order valence-electron chi connectivity index (χ0n) is 19.3. The van der Waals surface area contributed by atoms with Gasteiger partial charge in [0.25, 0.3) is 0 Å². The lowest BCUT2D eigenvalue weighted by molar-refractivity contribution is -0.142. The van der Waals surface area contributed by atoms with Crippen molar-refractivity contribution in [2.24, 2.45) is 5.73 Å². The van der Waals surface area contributed by atoms with Gasteiger partial charge in [0.2, 0.25) is 17.7 Å². The predicted molar refractivity (Wildman–Crippen MR) is 130 cm³/mol. The van der Waals surface area contributed by atoms with Crippen molar-refractivity contribution in [1.82, 2.24) is 20.9 Å². The van der Waals surface area contributed by atoms with Crippen LogP contribution >= 0.6 is 0 Å². The highest BCUT2D eigenvalue weighted by molar-refractivity contribution is 5.93. The van der Waals surface area contributed by atoms with Crippen molar-refractivity contribution in [2.75, 3.05) is 6.54 Å². The van der Waals surface area contributed by atoms with Crippen LogP contribution in [0.3, 0.4) is 0 Å². The number of carbonyl (C=O) groups excluding carboxylic acids is 3. The Bertz CT molecular complexity index is 1190. The number of fused-ring (bicyclic) bond motifs is 1. The molecule has 0 aliphatic heterocycles. The van der Waals surface area contributed by atoms with E-state index in [1.54, 1.807) is 30.5 Å². The highest BCUT2D eigenvalue weighted by Crippen LogP contribution is 2.19. The molecule has 184 valence electrons. The third kappa shape index (κ3) is 7.15. The molecule has 0 spiro atoms. The smallest absolute Gasteiger partial charge is 0.326 e. The van der Waals surface area contributed by atoms with Crippen molar-refractivity contribution in [1.29, 1.82) is 0 Å². The molecule has 0 fully saturated rings. The van der Waals surface area contributed by atoms with Gasteiger partial charge in [-0.15, -0.1) is 0 Å². The number of carbonyl (C=O) groups is 4. The van der Waals surface area contributed by atoms with Crippen molar-refractivity contribution >= 4 is 34.6 Å². The Hall–Kier alpha value is -4.18. The summed E-state index contributed by atoms with van der Waals surface area (Å²) in [6, 6.07) is 13.4. The van der Waals surface area contributed by atoms with E-state index >= 15 is 0 Å². The van der Waals surface area contributed by atoms with E-state index < -0.39 is 41.8 Å². The number of amides is 3. The lowest BCUT2D eigenvalue weighted by Gasteiger charge is -2.22. The van der Waals surface area contributed by atoms with Crippen LogP contribution in [0.15, 0.2) is 60.8 Å². The second-order valence-corrected chi connectivity index (χ2v) is 8.28. The van der Waals surface area contributed by atoms with Gasteiger partial charge in [0.15, 0.2) is 0 Å². The van der Waals surface area contributed by atoms with E-state index in [4.69, 9.17) is 5.73 Å². The molecule has 10 heteroatoms. The number of carboxylic acid groups (broad SMARTS) is 1. The zero-order valence-corrected chi connectivity index (χ0v) is 19.3. The van der Waals surface area contributed by atoms with Crippen LogP contribution in [0.4, 0.5) is 0 Å². The van der Waals surface area contributed by atoms with Crippen LogP contribution in [0.1, 0.15) is 18.1 Å². The number of hydrogen-bond donors (Lipinski definition) is 6. The van der Waals surface area contributed by atoms with Crippen LogP contribution in [0.2, 0.25) is 0 Å². The third-order valence-corrected chi connectivity index (χ3v) is 5.48. The van der Waals surface area contributed by atoms with Gasteiger partial charge < -0.3 is 31.8 Å². The minimum atomic E-state index is -1.21. The molecule has 2 aromatic carbocycles. The van der Waals surface area contributed by atoms with Gasteiger partial charge in [0.1, 0.15) is 12.1 Å². The molecule has 0 saturated heterocycles. The summed E-state index contributed by atoms with van der Waals surface area (Å²) in [4.78, 5) is 52.3. The van der Waals surface area contributed by atoms with Crippen LogP contribution in [0, 0.1) is 0 Å². The number of rotatable bonds is 11. The SMILES string of the molecule is CC(N)C(=O)NCC(=O)NC(Cc1ccccc1)C(=O)NC(Cc1c[nH]c2ccccc12)C(=O)O. The standard InChI is InChI=1S/C25H29N5O5/c1-15(26)23(32)28-14-22(31)29-20(11-16-7-3-2-4-8-16)24(33)30-21(25(34)35)12-17-13-27-19-10-6-5-9-18(17)19/h2-10,13,15,20-21,27H,11-12,14,26H2,1H3,(H,28,32)(H,29,31)(H,30,33)(H,34,35). The van der Waals surface area contributed by atoms with Gasteiger partial charge >= 0.3 is 5.97 Å². The van der Waals surface area contributed by atoms with Crippen molar-refractivity contribution in [3.8, 4) is 0 Å². The van der Waals surface area contributed by atoms with E-state index in [0.717, 1.165) is 22.0 Å². The van der Waals surface area contributed by atoms with Gasteiger partial charge in [-0.2, -0.15) is 0 Å². The zero-order chi connectivity index (χ0) is 25.4. The summed E-state index contributed by atoms with van der Waals surface area (Å²) in [6.07, 6.45) is 1.91. The first-order chi connectivity index (χ1) is 16.7. The van der Waals surface area contributed by atoms with E-state index in [2.05, 4.69) is 20.9 Å². The number of aromatic nitrogens is 1. The molecule has 1 aromatic heterocycles. The number of nitrogens with two attached hydrogens (primary N) is 1. The second-order valence-electron chi connectivity index (χ2n) is 8.28. The molecule has 35 heavy (non-hydrogen) atoms. The van der Waals surface area contributed by atoms with E-state index in [9.17, 15) is 24.3 Å². The largest absolute Gasteiger partial charge is 0.480 e. The molecule has 0 saturated carbocycles. The molecular weight excluding hydrogens is 450 g/mol. The van der Waals surface area contributed by atoms with Crippen LogP contribution in [0.25, 0.3) is 10.9 Å². The minimum absolute atomic E-state index is 0.0571. The lowest BCUT2D eigenvalue weighted by atomic mass is 10.0. The summed E-state index contributed by atoms with van der Waals surface area (Å²) in [7, 11) is 0. The molecule has 0 radical (unpaired) electrons. The van der Waals surface area contributed by atoms with E-state index in [1.807, 2.05) is 30.3 Å². The Kier molecular flexibility index (Phi) is 8.58. The van der Waals surface area contributed by atoms with Gasteiger partial charge in [-0.05, 0) is 24.1 Å². The average molecular weight is 480 g/mol. The van der Waals surface area contributed by atoms with E-state index in [-0.39, 0.29) is 19.4 Å². The Labute approximate surface area is 202 Å². The van der Waals surface area contributed by atoms with Crippen molar-refractivity contribution < 1.29 is 24.3 Å². The van der Waals surface area contributed by atoms with Crippen LogP contribution < -0.4 is 21.7 Å². The maximum absolute atomic E-state index is 13.1. The van der Waals surface area contributed by atoms with Crippen molar-refractivity contribution in [3.05, 3.63) is 71.9 Å². The number of H-pyrrole nitrogens is 1. The Morgan fingerprint density at radius 1 is 0.914 bits per heavy atom. The number of benzene rings is 2. The maximum Gasteiger partial charge on any atom is 0.326 e. The van der Waals surface area contributed by atoms with Crippen LogP contribution in [0.5, 0.6) is 0 Å². The average Bonchev–Trinajstić information content (AvgIpc) is 3.25. The summed E-state index contributed by atoms with van der Waals surface area (Å²) < 4.78 is 0. The number of para-hydroxylation sites is 1. The fourth-order valence-electron chi connectivity index (χ4n) is 3.63. The summed E-state index contributed by atoms with van der Waals surface area (Å²) >= 11 is 0. The topological polar surface area (TPSA) is 166 Å². The molecule has 0 aliphatic rings. The van der Waals surface area contributed by atoms with Gasteiger partial charge in [0, 0.05) is 29.9 Å². The fraction of sp³-hybridized carbons (Fsp3) is 0.280. The summed E-state index contributed by atoms with van der Waals surface area (Å²) in [5, 5.41) is 18.2. The second kappa shape index (κ2) is 11.8.